The first-order valence-electron chi connectivity index (χ1n) is 4.40. The molecule has 14 heavy (non-hydrogen) atoms. The first-order valence-corrected chi connectivity index (χ1v) is 4.80. The Bertz CT molecular complexity index is 280. The summed E-state index contributed by atoms with van der Waals surface area (Å²) in [5.41, 5.74) is 0. The van der Waals surface area contributed by atoms with Crippen molar-refractivity contribution in [3.05, 3.63) is 0 Å². The van der Waals surface area contributed by atoms with Gasteiger partial charge in [0.1, 0.15) is 6.04 Å². The zero-order valence-electron chi connectivity index (χ0n) is 7.82. The Labute approximate surface area is 87.1 Å². The number of amides is 1. The molecule has 0 bridgehead atoms. The van der Waals surface area contributed by atoms with E-state index in [4.69, 9.17) is 17.3 Å². The Hall–Kier alpha value is -1.17. The van der Waals surface area contributed by atoms with E-state index in [0.717, 1.165) is 6.42 Å². The van der Waals surface area contributed by atoms with E-state index in [1.165, 1.54) is 4.90 Å². The third kappa shape index (κ3) is 2.20. The number of hydrogen-bond acceptors (Lipinski definition) is 3. The first kappa shape index (κ1) is 10.9. The van der Waals surface area contributed by atoms with E-state index in [0.29, 0.717) is 11.7 Å². The van der Waals surface area contributed by atoms with Crippen LogP contribution >= 0.6 is 12.2 Å². The summed E-state index contributed by atoms with van der Waals surface area (Å²) < 4.78 is 0. The maximum Gasteiger partial charge on any atom is 0.305 e. The second kappa shape index (κ2) is 4.36. The Morgan fingerprint density at radius 3 is 2.86 bits per heavy atom. The molecule has 0 unspecified atom stereocenters. The van der Waals surface area contributed by atoms with Gasteiger partial charge in [-0.05, 0) is 18.6 Å². The van der Waals surface area contributed by atoms with E-state index in [-0.39, 0.29) is 12.3 Å². The van der Waals surface area contributed by atoms with Crippen LogP contribution in [-0.2, 0) is 9.59 Å². The van der Waals surface area contributed by atoms with Crippen LogP contribution in [0.1, 0.15) is 19.8 Å². The van der Waals surface area contributed by atoms with Gasteiger partial charge in [-0.25, -0.2) is 0 Å². The summed E-state index contributed by atoms with van der Waals surface area (Å²) >= 11 is 4.91. The molecule has 1 amide bonds. The average Bonchev–Trinajstić information content (AvgIpc) is 2.32. The van der Waals surface area contributed by atoms with Gasteiger partial charge in [0.05, 0.1) is 6.42 Å². The van der Waals surface area contributed by atoms with Crippen molar-refractivity contribution < 1.29 is 14.7 Å². The molecule has 0 aliphatic carbocycles. The molecule has 2 N–H and O–H groups in total. The van der Waals surface area contributed by atoms with Crippen molar-refractivity contribution in [2.24, 2.45) is 0 Å². The number of hydrogen-bond donors (Lipinski definition) is 2. The normalized spacial score (nSPS) is 21.2. The van der Waals surface area contributed by atoms with Crippen LogP contribution in [0.15, 0.2) is 0 Å². The number of thiocarbonyl (C=S) groups is 1. The summed E-state index contributed by atoms with van der Waals surface area (Å²) in [6.45, 7) is 2.47. The molecular formula is C8H12N2O3S. The van der Waals surface area contributed by atoms with Gasteiger partial charge < -0.3 is 10.4 Å². The Balaban J connectivity index is 2.64. The van der Waals surface area contributed by atoms with Crippen molar-refractivity contribution >= 4 is 29.2 Å². The lowest BCUT2D eigenvalue weighted by Gasteiger charge is -2.12. The Morgan fingerprint density at radius 2 is 2.36 bits per heavy atom. The number of nitrogens with one attached hydrogen (secondary N) is 1. The van der Waals surface area contributed by atoms with Gasteiger partial charge in [-0.2, -0.15) is 0 Å². The zero-order valence-corrected chi connectivity index (χ0v) is 8.63. The summed E-state index contributed by atoms with van der Waals surface area (Å²) in [6.07, 6.45) is 0.576. The number of rotatable bonds is 4. The van der Waals surface area contributed by atoms with E-state index < -0.39 is 12.0 Å². The van der Waals surface area contributed by atoms with Crippen LogP contribution in [0.4, 0.5) is 0 Å². The lowest BCUT2D eigenvalue weighted by Crippen LogP contribution is -2.32. The van der Waals surface area contributed by atoms with Crippen LogP contribution in [0, 0.1) is 0 Å². The smallest absolute Gasteiger partial charge is 0.305 e. The van der Waals surface area contributed by atoms with Gasteiger partial charge in [0.25, 0.3) is 5.91 Å². The summed E-state index contributed by atoms with van der Waals surface area (Å²) in [5.74, 6) is -1.24. The fourth-order valence-electron chi connectivity index (χ4n) is 1.33. The molecule has 78 valence electrons. The van der Waals surface area contributed by atoms with Gasteiger partial charge in [-0.1, -0.05) is 6.92 Å². The zero-order chi connectivity index (χ0) is 10.7. The van der Waals surface area contributed by atoms with Gasteiger partial charge >= 0.3 is 5.97 Å². The lowest BCUT2D eigenvalue weighted by molar-refractivity contribution is -0.140. The summed E-state index contributed by atoms with van der Waals surface area (Å²) in [5, 5.41) is 11.6. The molecule has 1 heterocycles. The predicted molar refractivity (Wildman–Crippen MR) is 53.8 cm³/mol. The number of carbonyl (C=O) groups is 2. The van der Waals surface area contributed by atoms with Gasteiger partial charge in [-0.3, -0.25) is 14.5 Å². The highest BCUT2D eigenvalue weighted by atomic mass is 32.1. The number of aliphatic carboxylic acids is 1. The van der Waals surface area contributed by atoms with E-state index in [1.54, 1.807) is 0 Å². The molecule has 5 nitrogen and oxygen atoms in total. The maximum atomic E-state index is 11.6. The van der Waals surface area contributed by atoms with Crippen molar-refractivity contribution in [2.75, 3.05) is 6.54 Å². The fourth-order valence-corrected chi connectivity index (χ4v) is 1.65. The van der Waals surface area contributed by atoms with Gasteiger partial charge in [0.2, 0.25) is 0 Å². The second-order valence-electron chi connectivity index (χ2n) is 3.09. The summed E-state index contributed by atoms with van der Waals surface area (Å²) in [7, 11) is 0. The van der Waals surface area contributed by atoms with Crippen molar-refractivity contribution in [1.29, 1.82) is 0 Å². The number of carboxylic acids is 1. The quantitative estimate of drug-likeness (QED) is 0.645. The summed E-state index contributed by atoms with van der Waals surface area (Å²) in [4.78, 5) is 23.4. The predicted octanol–water partition coefficient (Wildman–Crippen LogP) is -0.0436. The Kier molecular flexibility index (Phi) is 3.40. The van der Waals surface area contributed by atoms with Crippen molar-refractivity contribution in [3.8, 4) is 0 Å². The van der Waals surface area contributed by atoms with E-state index in [1.807, 2.05) is 6.92 Å². The van der Waals surface area contributed by atoms with Crippen LogP contribution < -0.4 is 5.32 Å². The average molecular weight is 216 g/mol. The van der Waals surface area contributed by atoms with Crippen LogP contribution in [-0.4, -0.2) is 39.6 Å². The molecule has 1 rings (SSSR count). The van der Waals surface area contributed by atoms with E-state index >= 15 is 0 Å². The highest BCUT2D eigenvalue weighted by Gasteiger charge is 2.35. The molecule has 1 saturated heterocycles. The monoisotopic (exact) mass is 216 g/mol. The SMILES string of the molecule is CCCN1C(=O)[C@H](CC(=O)O)NC1=S. The highest BCUT2D eigenvalue weighted by Crippen LogP contribution is 2.09. The first-order chi connectivity index (χ1) is 6.56. The summed E-state index contributed by atoms with van der Waals surface area (Å²) in [6, 6.07) is -0.688. The molecule has 1 aliphatic heterocycles. The molecule has 1 aliphatic rings. The fraction of sp³-hybridized carbons (Fsp3) is 0.625. The topological polar surface area (TPSA) is 69.6 Å². The van der Waals surface area contributed by atoms with Crippen molar-refractivity contribution in [2.45, 2.75) is 25.8 Å². The Morgan fingerprint density at radius 1 is 1.71 bits per heavy atom. The molecule has 1 fully saturated rings. The molecule has 0 aromatic rings. The molecule has 0 saturated carbocycles. The second-order valence-corrected chi connectivity index (χ2v) is 3.48. The minimum atomic E-state index is -1.00. The molecule has 6 heteroatoms. The van der Waals surface area contributed by atoms with Crippen LogP contribution in [0.2, 0.25) is 0 Å². The molecular weight excluding hydrogens is 204 g/mol. The number of carboxylic acid groups (broad SMARTS) is 1. The minimum Gasteiger partial charge on any atom is -0.481 e. The van der Waals surface area contributed by atoms with Crippen LogP contribution in [0.3, 0.4) is 0 Å². The largest absolute Gasteiger partial charge is 0.481 e. The van der Waals surface area contributed by atoms with Crippen molar-refractivity contribution in [1.82, 2.24) is 10.2 Å². The molecule has 0 aromatic heterocycles. The van der Waals surface area contributed by atoms with Crippen molar-refractivity contribution in [3.63, 3.8) is 0 Å². The third-order valence-electron chi connectivity index (χ3n) is 1.93. The molecule has 0 aromatic carbocycles. The third-order valence-corrected chi connectivity index (χ3v) is 2.27. The van der Waals surface area contributed by atoms with Gasteiger partial charge in [-0.15, -0.1) is 0 Å². The van der Waals surface area contributed by atoms with Gasteiger partial charge in [0.15, 0.2) is 5.11 Å². The number of nitrogens with zero attached hydrogens (tertiary/aromatic N) is 1. The van der Waals surface area contributed by atoms with Gasteiger partial charge in [0, 0.05) is 6.54 Å². The maximum absolute atomic E-state index is 11.6. The highest BCUT2D eigenvalue weighted by molar-refractivity contribution is 7.80. The molecule has 1 atom stereocenters. The minimum absolute atomic E-state index is 0.223. The van der Waals surface area contributed by atoms with E-state index in [2.05, 4.69) is 5.32 Å². The van der Waals surface area contributed by atoms with Crippen LogP contribution in [0.25, 0.3) is 0 Å². The molecule has 0 radical (unpaired) electrons. The lowest BCUT2D eigenvalue weighted by atomic mass is 10.2. The number of carbonyl (C=O) groups excluding carboxylic acids is 1. The van der Waals surface area contributed by atoms with Crippen LogP contribution in [0.5, 0.6) is 0 Å². The van der Waals surface area contributed by atoms with E-state index in [9.17, 15) is 9.59 Å². The standard InChI is InChI=1S/C8H12N2O3S/c1-2-3-10-7(13)5(4-6(11)12)9-8(10)14/h5H,2-4H2,1H3,(H,9,14)(H,11,12)/t5-/m0/s1. The molecule has 0 spiro atoms.